The van der Waals surface area contributed by atoms with Gasteiger partial charge in [-0.1, -0.05) is 23.8 Å². The number of ether oxygens (including phenoxy) is 1. The molecule has 0 saturated carbocycles. The first-order valence-electron chi connectivity index (χ1n) is 8.69. The van der Waals surface area contributed by atoms with Gasteiger partial charge in [0.05, 0.1) is 18.1 Å². The van der Waals surface area contributed by atoms with E-state index >= 15 is 0 Å². The van der Waals surface area contributed by atoms with Gasteiger partial charge < -0.3 is 4.74 Å². The molecule has 27 heavy (non-hydrogen) atoms. The van der Waals surface area contributed by atoms with Gasteiger partial charge in [-0.2, -0.15) is 0 Å². The number of hydrazine groups is 1. The average molecular weight is 389 g/mol. The summed E-state index contributed by atoms with van der Waals surface area (Å²) in [5.41, 5.74) is 5.35. The Balaban J connectivity index is 1.80. The first-order valence-corrected chi connectivity index (χ1v) is 10.2. The van der Waals surface area contributed by atoms with E-state index in [0.717, 1.165) is 5.56 Å². The monoisotopic (exact) mass is 389 g/mol. The van der Waals surface area contributed by atoms with E-state index in [0.29, 0.717) is 43.1 Å². The summed E-state index contributed by atoms with van der Waals surface area (Å²) in [6.07, 6.45) is 0. The summed E-state index contributed by atoms with van der Waals surface area (Å²) in [5.74, 6) is -0.332. The third-order valence-corrected chi connectivity index (χ3v) is 5.72. The molecule has 1 aliphatic heterocycles. The Kier molecular flexibility index (Phi) is 5.79. The van der Waals surface area contributed by atoms with Crippen LogP contribution in [0.1, 0.15) is 21.5 Å². The molecule has 2 aromatic rings. The molecule has 0 atom stereocenters. The van der Waals surface area contributed by atoms with Crippen molar-refractivity contribution >= 4 is 21.6 Å². The Morgan fingerprint density at radius 2 is 1.70 bits per heavy atom. The van der Waals surface area contributed by atoms with Gasteiger partial charge in [-0.25, -0.2) is 13.4 Å². The van der Waals surface area contributed by atoms with Crippen molar-refractivity contribution in [1.29, 1.82) is 0 Å². The Labute approximate surface area is 159 Å². The normalized spacial score (nSPS) is 15.3. The number of hydrogen-bond donors (Lipinski definition) is 2. The number of carbonyl (C=O) groups excluding carboxylic acids is 1. The van der Waals surface area contributed by atoms with Crippen molar-refractivity contribution in [3.63, 3.8) is 0 Å². The van der Waals surface area contributed by atoms with Gasteiger partial charge in [-0.05, 0) is 43.7 Å². The highest BCUT2D eigenvalue weighted by molar-refractivity contribution is 7.92. The molecule has 8 heteroatoms. The molecule has 0 radical (unpaired) electrons. The van der Waals surface area contributed by atoms with E-state index in [1.807, 2.05) is 19.1 Å². The molecule has 0 aromatic heterocycles. The summed E-state index contributed by atoms with van der Waals surface area (Å²) in [7, 11) is -3.80. The lowest BCUT2D eigenvalue weighted by Crippen LogP contribution is -2.48. The van der Waals surface area contributed by atoms with Crippen LogP contribution in [0.2, 0.25) is 0 Å². The van der Waals surface area contributed by atoms with Crippen LogP contribution in [0.4, 0.5) is 5.69 Å². The molecule has 0 unspecified atom stereocenters. The van der Waals surface area contributed by atoms with Crippen molar-refractivity contribution in [2.24, 2.45) is 0 Å². The third kappa shape index (κ3) is 4.85. The Hall–Kier alpha value is -2.42. The Bertz CT molecular complexity index is 920. The number of nitrogens with zero attached hydrogens (tertiary/aromatic N) is 1. The minimum Gasteiger partial charge on any atom is -0.379 e. The zero-order valence-corrected chi connectivity index (χ0v) is 16.2. The van der Waals surface area contributed by atoms with E-state index in [2.05, 4.69) is 10.1 Å². The van der Waals surface area contributed by atoms with Crippen molar-refractivity contribution < 1.29 is 17.9 Å². The minimum atomic E-state index is -3.80. The van der Waals surface area contributed by atoms with Crippen LogP contribution in [0, 0.1) is 13.8 Å². The number of morpholine rings is 1. The fourth-order valence-electron chi connectivity index (χ4n) is 2.73. The van der Waals surface area contributed by atoms with E-state index < -0.39 is 10.0 Å². The van der Waals surface area contributed by atoms with Crippen molar-refractivity contribution in [1.82, 2.24) is 10.4 Å². The number of hydrogen-bond acceptors (Lipinski definition) is 5. The third-order valence-electron chi connectivity index (χ3n) is 4.34. The highest BCUT2D eigenvalue weighted by Crippen LogP contribution is 2.20. The van der Waals surface area contributed by atoms with Gasteiger partial charge in [0.1, 0.15) is 0 Å². The topological polar surface area (TPSA) is 87.7 Å². The van der Waals surface area contributed by atoms with Gasteiger partial charge in [0.15, 0.2) is 0 Å². The number of benzene rings is 2. The van der Waals surface area contributed by atoms with Crippen LogP contribution in [0.15, 0.2) is 47.4 Å². The molecule has 1 amide bonds. The molecule has 2 N–H and O–H groups in total. The van der Waals surface area contributed by atoms with E-state index in [4.69, 9.17) is 4.74 Å². The highest BCUT2D eigenvalue weighted by Gasteiger charge is 2.20. The van der Waals surface area contributed by atoms with Crippen molar-refractivity contribution in [3.8, 4) is 0 Å². The zero-order chi connectivity index (χ0) is 19.4. The summed E-state index contributed by atoms with van der Waals surface area (Å²) < 4.78 is 33.2. The molecular weight excluding hydrogens is 366 g/mol. The predicted molar refractivity (Wildman–Crippen MR) is 103 cm³/mol. The van der Waals surface area contributed by atoms with Gasteiger partial charge in [0.2, 0.25) is 0 Å². The van der Waals surface area contributed by atoms with Gasteiger partial charge in [0, 0.05) is 24.3 Å². The quantitative estimate of drug-likeness (QED) is 0.818. The predicted octanol–water partition coefficient (Wildman–Crippen LogP) is 2.08. The summed E-state index contributed by atoms with van der Waals surface area (Å²) in [5, 5.41) is 1.77. The molecule has 1 saturated heterocycles. The number of rotatable bonds is 5. The first-order chi connectivity index (χ1) is 12.8. The molecule has 0 aliphatic carbocycles. The molecule has 7 nitrogen and oxygen atoms in total. The van der Waals surface area contributed by atoms with Crippen LogP contribution in [0.3, 0.4) is 0 Å². The maximum Gasteiger partial charge on any atom is 0.265 e. The van der Waals surface area contributed by atoms with Crippen molar-refractivity contribution in [2.45, 2.75) is 18.7 Å². The van der Waals surface area contributed by atoms with Crippen molar-refractivity contribution in [3.05, 3.63) is 59.2 Å². The van der Waals surface area contributed by atoms with Crippen LogP contribution in [-0.4, -0.2) is 45.6 Å². The van der Waals surface area contributed by atoms with E-state index in [9.17, 15) is 13.2 Å². The maximum absolute atomic E-state index is 12.7. The molecule has 0 spiro atoms. The second-order valence-electron chi connectivity index (χ2n) is 6.49. The maximum atomic E-state index is 12.7. The number of amides is 1. The number of carbonyl (C=O) groups is 1. The molecule has 1 heterocycles. The summed E-state index contributed by atoms with van der Waals surface area (Å²) in [6, 6.07) is 11.6. The molecule has 1 fully saturated rings. The number of anilines is 1. The smallest absolute Gasteiger partial charge is 0.265 e. The van der Waals surface area contributed by atoms with Crippen LogP contribution in [0.5, 0.6) is 0 Å². The second kappa shape index (κ2) is 8.08. The summed E-state index contributed by atoms with van der Waals surface area (Å²) >= 11 is 0. The average Bonchev–Trinajstić information content (AvgIpc) is 2.64. The largest absolute Gasteiger partial charge is 0.379 e. The Morgan fingerprint density at radius 3 is 2.37 bits per heavy atom. The second-order valence-corrected chi connectivity index (χ2v) is 8.17. The Morgan fingerprint density at radius 1 is 1.04 bits per heavy atom. The molecule has 3 rings (SSSR count). The lowest BCUT2D eigenvalue weighted by molar-refractivity contribution is 0.0126. The highest BCUT2D eigenvalue weighted by atomic mass is 32.2. The van der Waals surface area contributed by atoms with Crippen LogP contribution in [0.25, 0.3) is 0 Å². The summed E-state index contributed by atoms with van der Waals surface area (Å²) in [6.45, 7) is 5.99. The summed E-state index contributed by atoms with van der Waals surface area (Å²) in [4.78, 5) is 12.6. The van der Waals surface area contributed by atoms with Gasteiger partial charge in [0.25, 0.3) is 15.9 Å². The fraction of sp³-hybridized carbons (Fsp3) is 0.316. The van der Waals surface area contributed by atoms with E-state index in [1.165, 1.54) is 12.1 Å². The molecule has 144 valence electrons. The van der Waals surface area contributed by atoms with E-state index in [-0.39, 0.29) is 10.8 Å². The zero-order valence-electron chi connectivity index (χ0n) is 15.4. The molecular formula is C19H23N3O4S. The van der Waals surface area contributed by atoms with Gasteiger partial charge >= 0.3 is 0 Å². The van der Waals surface area contributed by atoms with E-state index in [1.54, 1.807) is 30.1 Å². The molecule has 2 aromatic carbocycles. The SMILES string of the molecule is Cc1ccc(NS(=O)(=O)c2ccc(C)c(C(=O)NN3CCOCC3)c2)cc1. The standard InChI is InChI=1S/C19H23N3O4S/c1-14-3-6-16(7-4-14)21-27(24,25)17-8-5-15(2)18(13-17)19(23)20-22-9-11-26-12-10-22/h3-8,13,21H,9-12H2,1-2H3,(H,20,23). The van der Waals surface area contributed by atoms with Crippen molar-refractivity contribution in [2.75, 3.05) is 31.0 Å². The van der Waals surface area contributed by atoms with Crippen LogP contribution in [-0.2, 0) is 14.8 Å². The van der Waals surface area contributed by atoms with Gasteiger partial charge in [-0.15, -0.1) is 0 Å². The lowest BCUT2D eigenvalue weighted by atomic mass is 10.1. The van der Waals surface area contributed by atoms with Crippen LogP contribution >= 0.6 is 0 Å². The van der Waals surface area contributed by atoms with Gasteiger partial charge in [-0.3, -0.25) is 14.9 Å². The lowest BCUT2D eigenvalue weighted by Gasteiger charge is -2.27. The van der Waals surface area contributed by atoms with Crippen LogP contribution < -0.4 is 10.1 Å². The fourth-order valence-corrected chi connectivity index (χ4v) is 3.81. The number of nitrogens with one attached hydrogen (secondary N) is 2. The molecule has 1 aliphatic rings. The number of sulfonamides is 1. The number of aryl methyl sites for hydroxylation is 2. The molecule has 0 bridgehead atoms. The first kappa shape index (κ1) is 19.3. The minimum absolute atomic E-state index is 0.0424.